The van der Waals surface area contributed by atoms with Gasteiger partial charge >= 0.3 is 5.13 Å². The van der Waals surface area contributed by atoms with Crippen molar-refractivity contribution in [1.29, 1.82) is 0 Å². The van der Waals surface area contributed by atoms with E-state index >= 15 is 0 Å². The number of hydrogen-bond donors (Lipinski definition) is 1. The molecule has 5 rings (SSSR count). The molecule has 0 aliphatic carbocycles. The van der Waals surface area contributed by atoms with Gasteiger partial charge in [-0.05, 0) is 54.5 Å². The Morgan fingerprint density at radius 3 is 2.46 bits per heavy atom. The molecule has 1 aliphatic rings. The zero-order valence-corrected chi connectivity index (χ0v) is 20.4. The van der Waals surface area contributed by atoms with Crippen LogP contribution in [0.1, 0.15) is 24.1 Å². The number of fused-ring (bicyclic) bond motifs is 1. The first-order chi connectivity index (χ1) is 16.9. The average Bonchev–Trinajstić information content (AvgIpc) is 3.20. The number of anilines is 2. The van der Waals surface area contributed by atoms with E-state index in [4.69, 9.17) is 0 Å². The van der Waals surface area contributed by atoms with Gasteiger partial charge in [-0.25, -0.2) is 13.9 Å². The van der Waals surface area contributed by atoms with Crippen LogP contribution in [0.3, 0.4) is 0 Å². The Hall–Kier alpha value is -3.97. The van der Waals surface area contributed by atoms with Crippen LogP contribution in [0.4, 0.5) is 15.2 Å². The molecule has 0 fully saturated rings. The lowest BCUT2D eigenvalue weighted by Gasteiger charge is -2.30. The fourth-order valence-corrected chi connectivity index (χ4v) is 5.63. The van der Waals surface area contributed by atoms with E-state index in [0.717, 1.165) is 11.1 Å². The van der Waals surface area contributed by atoms with Crippen LogP contribution in [0.15, 0.2) is 90.1 Å². The summed E-state index contributed by atoms with van der Waals surface area (Å²) < 4.78 is 16.0. The van der Waals surface area contributed by atoms with E-state index in [2.05, 4.69) is 5.32 Å². The Morgan fingerprint density at radius 1 is 1.03 bits per heavy atom. The van der Waals surface area contributed by atoms with E-state index < -0.39 is 11.9 Å². The van der Waals surface area contributed by atoms with E-state index in [1.54, 1.807) is 16.7 Å². The molecule has 7 heteroatoms. The number of nitrogens with one attached hydrogen (secondary N) is 1. The summed E-state index contributed by atoms with van der Waals surface area (Å²) in [5.41, 5.74) is 4.05. The zero-order chi connectivity index (χ0) is 24.7. The maximum atomic E-state index is 14.4. The fourth-order valence-electron chi connectivity index (χ4n) is 4.44. The molecular weight excluding hydrogens is 461 g/mol. The number of amides is 1. The average molecular weight is 486 g/mol. The molecule has 3 aromatic carbocycles. The Morgan fingerprint density at radius 2 is 1.74 bits per heavy atom. The largest absolute Gasteiger partial charge is 0.841 e. The van der Waals surface area contributed by atoms with Gasteiger partial charge in [0.1, 0.15) is 17.1 Å². The second-order valence-corrected chi connectivity index (χ2v) is 9.52. The number of carbonyl (C=O) groups excluding carboxylic acids is 1. The zero-order valence-electron chi connectivity index (χ0n) is 19.6. The number of para-hydroxylation sites is 1. The number of rotatable bonds is 4. The molecular formula is C28H24FN3O2S. The quantitative estimate of drug-likeness (QED) is 0.406. The summed E-state index contributed by atoms with van der Waals surface area (Å²) in [7, 11) is 1.84. The summed E-state index contributed by atoms with van der Waals surface area (Å²) in [6.45, 7) is 3.77. The SMILES string of the molecule is CC1=C(C(=O)Nc2ccccc2C)C(c2cccc(F)c2)[n+]2c(sc(-c3ccccc3)c2[O-])N1C. The number of nitrogens with zero attached hydrogens (tertiary/aromatic N) is 2. The third-order valence-corrected chi connectivity index (χ3v) is 7.63. The van der Waals surface area contributed by atoms with Crippen molar-refractivity contribution >= 4 is 28.1 Å². The standard InChI is InChI=1S/C28H24FN3O2S/c1-17-10-7-8-15-22(17)30-26(33)23-18(2)31(3)28-32(24(23)20-13-9-14-21(29)16-20)27(34)25(35-28)19-11-5-4-6-12-19/h4-16,24H,1-3H3,(H-,30,33,34). The maximum absolute atomic E-state index is 14.4. The van der Waals surface area contributed by atoms with Crippen molar-refractivity contribution in [3.05, 3.63) is 107 Å². The summed E-state index contributed by atoms with van der Waals surface area (Å²) >= 11 is 1.37. The van der Waals surface area contributed by atoms with Crippen molar-refractivity contribution in [3.63, 3.8) is 0 Å². The molecule has 35 heavy (non-hydrogen) atoms. The molecule has 1 aromatic heterocycles. The molecule has 1 N–H and O–H groups in total. The predicted molar refractivity (Wildman–Crippen MR) is 135 cm³/mol. The van der Waals surface area contributed by atoms with E-state index in [1.807, 2.05) is 80.4 Å². The highest BCUT2D eigenvalue weighted by atomic mass is 32.1. The van der Waals surface area contributed by atoms with Crippen LogP contribution < -0.4 is 19.9 Å². The summed E-state index contributed by atoms with van der Waals surface area (Å²) in [6, 6.07) is 22.3. The van der Waals surface area contributed by atoms with Crippen LogP contribution in [0.25, 0.3) is 10.4 Å². The lowest BCUT2D eigenvalue weighted by atomic mass is 9.93. The van der Waals surface area contributed by atoms with Crippen LogP contribution >= 0.6 is 11.3 Å². The molecule has 0 radical (unpaired) electrons. The predicted octanol–water partition coefficient (Wildman–Crippen LogP) is 5.18. The lowest BCUT2D eigenvalue weighted by Crippen LogP contribution is -2.52. The number of aryl methyl sites for hydroxylation is 1. The molecule has 1 aliphatic heterocycles. The molecule has 0 saturated carbocycles. The number of hydrogen-bond acceptors (Lipinski definition) is 4. The number of thiazole rings is 1. The Kier molecular flexibility index (Phi) is 5.86. The maximum Gasteiger partial charge on any atom is 0.341 e. The van der Waals surface area contributed by atoms with Crippen molar-refractivity contribution in [2.24, 2.45) is 0 Å². The molecule has 0 bridgehead atoms. The van der Waals surface area contributed by atoms with Crippen LogP contribution in [-0.2, 0) is 4.79 Å². The molecule has 176 valence electrons. The van der Waals surface area contributed by atoms with Gasteiger partial charge in [0.05, 0.1) is 17.8 Å². The molecule has 1 unspecified atom stereocenters. The van der Waals surface area contributed by atoms with Gasteiger partial charge in [-0.1, -0.05) is 60.7 Å². The highest BCUT2D eigenvalue weighted by Crippen LogP contribution is 2.43. The second-order valence-electron chi connectivity index (χ2n) is 8.54. The molecule has 0 spiro atoms. The molecule has 5 nitrogen and oxygen atoms in total. The van der Waals surface area contributed by atoms with E-state index in [9.17, 15) is 14.3 Å². The summed E-state index contributed by atoms with van der Waals surface area (Å²) in [5, 5.41) is 17.5. The summed E-state index contributed by atoms with van der Waals surface area (Å²) in [5.74, 6) is -0.972. The monoisotopic (exact) mass is 485 g/mol. The topological polar surface area (TPSA) is 59.3 Å². The second kappa shape index (κ2) is 9.00. The van der Waals surface area contributed by atoms with Crippen LogP contribution in [0, 0.1) is 12.7 Å². The summed E-state index contributed by atoms with van der Waals surface area (Å²) in [6.07, 6.45) is 0. The molecule has 4 aromatic rings. The highest BCUT2D eigenvalue weighted by molar-refractivity contribution is 7.18. The first-order valence-electron chi connectivity index (χ1n) is 11.2. The minimum Gasteiger partial charge on any atom is -0.841 e. The Labute approximate surface area is 207 Å². The lowest BCUT2D eigenvalue weighted by molar-refractivity contribution is -0.728. The van der Waals surface area contributed by atoms with Crippen LogP contribution in [-0.4, -0.2) is 13.0 Å². The summed E-state index contributed by atoms with van der Waals surface area (Å²) in [4.78, 5) is 16.2. The third kappa shape index (κ3) is 3.98. The number of carbonyl (C=O) groups is 1. The molecule has 1 atom stereocenters. The van der Waals surface area contributed by atoms with Gasteiger partial charge in [-0.2, -0.15) is 0 Å². The highest BCUT2D eigenvalue weighted by Gasteiger charge is 2.43. The third-order valence-electron chi connectivity index (χ3n) is 6.36. The first-order valence-corrected chi connectivity index (χ1v) is 12.1. The number of allylic oxidation sites excluding steroid dienone is 1. The Balaban J connectivity index is 1.70. The van der Waals surface area contributed by atoms with Crippen molar-refractivity contribution in [1.82, 2.24) is 0 Å². The van der Waals surface area contributed by atoms with E-state index in [-0.39, 0.29) is 11.8 Å². The first kappa shape index (κ1) is 22.8. The van der Waals surface area contributed by atoms with Gasteiger partial charge < -0.3 is 10.4 Å². The van der Waals surface area contributed by atoms with Gasteiger partial charge in [0.25, 0.3) is 5.91 Å². The van der Waals surface area contributed by atoms with E-state index in [1.165, 1.54) is 23.5 Å². The molecule has 2 heterocycles. The van der Waals surface area contributed by atoms with Crippen molar-refractivity contribution in [2.45, 2.75) is 19.9 Å². The van der Waals surface area contributed by atoms with Crippen molar-refractivity contribution in [3.8, 4) is 16.3 Å². The number of aromatic nitrogens is 1. The number of benzene rings is 3. The van der Waals surface area contributed by atoms with Gasteiger partial charge in [-0.3, -0.25) is 4.79 Å². The Bertz CT molecular complexity index is 1460. The molecule has 0 saturated heterocycles. The van der Waals surface area contributed by atoms with Crippen molar-refractivity contribution < 1.29 is 18.9 Å². The normalized spacial score (nSPS) is 15.2. The van der Waals surface area contributed by atoms with Crippen LogP contribution in [0.2, 0.25) is 0 Å². The minimum absolute atomic E-state index is 0.217. The van der Waals surface area contributed by atoms with E-state index in [0.29, 0.717) is 32.5 Å². The van der Waals surface area contributed by atoms with Gasteiger partial charge in [-0.15, -0.1) is 0 Å². The van der Waals surface area contributed by atoms with Gasteiger partial charge in [0, 0.05) is 11.3 Å². The van der Waals surface area contributed by atoms with Gasteiger partial charge in [0.2, 0.25) is 0 Å². The van der Waals surface area contributed by atoms with Gasteiger partial charge in [0.15, 0.2) is 6.04 Å². The smallest absolute Gasteiger partial charge is 0.341 e. The molecule has 1 amide bonds. The van der Waals surface area contributed by atoms with Crippen molar-refractivity contribution in [2.75, 3.05) is 17.3 Å². The number of halogens is 1. The minimum atomic E-state index is -0.776. The fraction of sp³-hybridized carbons (Fsp3) is 0.143. The van der Waals surface area contributed by atoms with Crippen LogP contribution in [0.5, 0.6) is 5.88 Å².